The molecule has 1 aromatic rings. The van der Waals surface area contributed by atoms with E-state index in [-0.39, 0.29) is 17.5 Å². The Hall–Kier alpha value is -1.89. The normalized spacial score (nSPS) is 19.6. The van der Waals surface area contributed by atoms with Gasteiger partial charge in [-0.05, 0) is 12.8 Å². The first-order valence-electron chi connectivity index (χ1n) is 5.85. The molecule has 3 N–H and O–H groups in total. The van der Waals surface area contributed by atoms with Crippen molar-refractivity contribution in [1.29, 1.82) is 0 Å². The number of carboxylic acids is 1. The number of aromatic carboxylic acids is 1. The molecule has 1 fully saturated rings. The van der Waals surface area contributed by atoms with Crippen LogP contribution in [0.1, 0.15) is 28.9 Å². The zero-order valence-corrected chi connectivity index (χ0v) is 10.1. The van der Waals surface area contributed by atoms with E-state index >= 15 is 0 Å². The third-order valence-corrected chi connectivity index (χ3v) is 3.09. The van der Waals surface area contributed by atoms with Crippen LogP contribution in [0.2, 0.25) is 0 Å². The second-order valence-corrected chi connectivity index (χ2v) is 4.30. The van der Waals surface area contributed by atoms with Gasteiger partial charge in [0.15, 0.2) is 0 Å². The maximum atomic E-state index is 11.5. The Kier molecular flexibility index (Phi) is 3.61. The highest BCUT2D eigenvalue weighted by Crippen LogP contribution is 2.09. The molecular weight excluding hydrogens is 236 g/mol. The van der Waals surface area contributed by atoms with Crippen molar-refractivity contribution in [3.63, 3.8) is 0 Å². The zero-order chi connectivity index (χ0) is 13.1. The van der Waals surface area contributed by atoms with Crippen molar-refractivity contribution in [2.45, 2.75) is 25.4 Å². The largest absolute Gasteiger partial charge is 0.478 e. The summed E-state index contributed by atoms with van der Waals surface area (Å²) in [5, 5.41) is 18.8. The zero-order valence-electron chi connectivity index (χ0n) is 10.1. The molecule has 18 heavy (non-hydrogen) atoms. The number of amides is 1. The van der Waals surface area contributed by atoms with Crippen LogP contribution in [0.15, 0.2) is 6.20 Å². The summed E-state index contributed by atoms with van der Waals surface area (Å²) in [6.07, 6.45) is 3.02. The predicted octanol–water partition coefficient (Wildman–Crippen LogP) is -0.513. The van der Waals surface area contributed by atoms with Crippen LogP contribution >= 0.6 is 0 Å². The van der Waals surface area contributed by atoms with Crippen molar-refractivity contribution < 1.29 is 14.7 Å². The van der Waals surface area contributed by atoms with Crippen LogP contribution < -0.4 is 10.6 Å². The smallest absolute Gasteiger partial charge is 0.339 e. The predicted molar refractivity (Wildman–Crippen MR) is 63.0 cm³/mol. The molecule has 0 radical (unpaired) electrons. The second kappa shape index (κ2) is 5.18. The van der Waals surface area contributed by atoms with E-state index in [0.29, 0.717) is 18.8 Å². The van der Waals surface area contributed by atoms with Gasteiger partial charge in [-0.2, -0.15) is 5.10 Å². The molecule has 0 saturated carbocycles. The average Bonchev–Trinajstić information content (AvgIpc) is 2.70. The minimum absolute atomic E-state index is 0.0275. The lowest BCUT2D eigenvalue weighted by atomic mass is 10.1. The van der Waals surface area contributed by atoms with Gasteiger partial charge in [0, 0.05) is 20.1 Å². The molecule has 98 valence electrons. The molecule has 1 amide bonds. The molecule has 1 saturated heterocycles. The SMILES string of the molecule is Cn1ncc(C(=O)O)c1CNC1CCCNC1=O. The summed E-state index contributed by atoms with van der Waals surface area (Å²) in [4.78, 5) is 22.5. The van der Waals surface area contributed by atoms with Gasteiger partial charge >= 0.3 is 5.97 Å². The molecule has 0 aromatic carbocycles. The van der Waals surface area contributed by atoms with Gasteiger partial charge in [0.25, 0.3) is 0 Å². The molecule has 0 spiro atoms. The van der Waals surface area contributed by atoms with Crippen molar-refractivity contribution >= 4 is 11.9 Å². The molecule has 0 bridgehead atoms. The number of carbonyl (C=O) groups excluding carboxylic acids is 1. The molecule has 1 aliphatic rings. The van der Waals surface area contributed by atoms with E-state index in [1.807, 2.05) is 0 Å². The molecule has 2 rings (SSSR count). The van der Waals surface area contributed by atoms with Crippen molar-refractivity contribution in [1.82, 2.24) is 20.4 Å². The highest BCUT2D eigenvalue weighted by atomic mass is 16.4. The minimum atomic E-state index is -1.01. The van der Waals surface area contributed by atoms with E-state index in [1.54, 1.807) is 7.05 Å². The molecule has 1 atom stereocenters. The van der Waals surface area contributed by atoms with Crippen molar-refractivity contribution in [3.05, 3.63) is 17.5 Å². The second-order valence-electron chi connectivity index (χ2n) is 4.30. The van der Waals surface area contributed by atoms with E-state index in [9.17, 15) is 9.59 Å². The van der Waals surface area contributed by atoms with Gasteiger partial charge in [0.05, 0.1) is 17.9 Å². The number of nitrogens with zero attached hydrogens (tertiary/aromatic N) is 2. The van der Waals surface area contributed by atoms with Crippen LogP contribution in [0.25, 0.3) is 0 Å². The van der Waals surface area contributed by atoms with Crippen LogP contribution in [0.5, 0.6) is 0 Å². The third kappa shape index (κ3) is 2.51. The minimum Gasteiger partial charge on any atom is -0.478 e. The van der Waals surface area contributed by atoms with Crippen molar-refractivity contribution in [3.8, 4) is 0 Å². The Morgan fingerprint density at radius 1 is 1.72 bits per heavy atom. The summed E-state index contributed by atoms with van der Waals surface area (Å²) in [5.74, 6) is -1.03. The van der Waals surface area contributed by atoms with E-state index in [2.05, 4.69) is 15.7 Å². The van der Waals surface area contributed by atoms with Gasteiger partial charge in [-0.25, -0.2) is 4.79 Å². The van der Waals surface area contributed by atoms with Crippen LogP contribution in [-0.2, 0) is 18.4 Å². The maximum Gasteiger partial charge on any atom is 0.339 e. The number of rotatable bonds is 4. The Bertz CT molecular complexity index is 469. The molecular formula is C11H16N4O3. The van der Waals surface area contributed by atoms with E-state index in [0.717, 1.165) is 12.8 Å². The number of aryl methyl sites for hydroxylation is 1. The van der Waals surface area contributed by atoms with Crippen LogP contribution in [0, 0.1) is 0 Å². The molecule has 1 aliphatic heterocycles. The lowest BCUT2D eigenvalue weighted by Crippen LogP contribution is -2.48. The van der Waals surface area contributed by atoms with E-state index < -0.39 is 5.97 Å². The van der Waals surface area contributed by atoms with Gasteiger partial charge < -0.3 is 15.7 Å². The number of aromatic nitrogens is 2. The Morgan fingerprint density at radius 2 is 2.50 bits per heavy atom. The first kappa shape index (κ1) is 12.6. The molecule has 1 aromatic heterocycles. The molecule has 1 unspecified atom stereocenters. The van der Waals surface area contributed by atoms with Crippen LogP contribution in [0.3, 0.4) is 0 Å². The number of carbonyl (C=O) groups is 2. The van der Waals surface area contributed by atoms with Gasteiger partial charge in [-0.1, -0.05) is 0 Å². The quantitative estimate of drug-likeness (QED) is 0.670. The van der Waals surface area contributed by atoms with Gasteiger partial charge in [0.1, 0.15) is 5.56 Å². The Balaban J connectivity index is 2.03. The van der Waals surface area contributed by atoms with Crippen molar-refractivity contribution in [2.75, 3.05) is 6.54 Å². The summed E-state index contributed by atoms with van der Waals surface area (Å²) in [5.41, 5.74) is 0.738. The maximum absolute atomic E-state index is 11.5. The highest BCUT2D eigenvalue weighted by molar-refractivity contribution is 5.88. The fourth-order valence-corrected chi connectivity index (χ4v) is 2.04. The highest BCUT2D eigenvalue weighted by Gasteiger charge is 2.23. The van der Waals surface area contributed by atoms with Gasteiger partial charge in [-0.3, -0.25) is 9.48 Å². The van der Waals surface area contributed by atoms with Gasteiger partial charge in [0.2, 0.25) is 5.91 Å². The number of hydrogen-bond acceptors (Lipinski definition) is 4. The third-order valence-electron chi connectivity index (χ3n) is 3.09. The Labute approximate surface area is 104 Å². The lowest BCUT2D eigenvalue weighted by Gasteiger charge is -2.22. The van der Waals surface area contributed by atoms with E-state index in [1.165, 1.54) is 10.9 Å². The summed E-state index contributed by atoms with van der Waals surface area (Å²) in [6.45, 7) is 1.03. The lowest BCUT2D eigenvalue weighted by molar-refractivity contribution is -0.124. The summed E-state index contributed by atoms with van der Waals surface area (Å²) in [6, 6.07) is -0.254. The summed E-state index contributed by atoms with van der Waals surface area (Å²) in [7, 11) is 1.68. The summed E-state index contributed by atoms with van der Waals surface area (Å²) < 4.78 is 1.51. The monoisotopic (exact) mass is 252 g/mol. The number of hydrogen-bond donors (Lipinski definition) is 3. The van der Waals surface area contributed by atoms with Gasteiger partial charge in [-0.15, -0.1) is 0 Å². The van der Waals surface area contributed by atoms with E-state index in [4.69, 9.17) is 5.11 Å². The summed E-state index contributed by atoms with van der Waals surface area (Å²) >= 11 is 0. The number of nitrogens with one attached hydrogen (secondary N) is 2. The fraction of sp³-hybridized carbons (Fsp3) is 0.545. The fourth-order valence-electron chi connectivity index (χ4n) is 2.04. The number of carboxylic acid groups (broad SMARTS) is 1. The molecule has 7 nitrogen and oxygen atoms in total. The van der Waals surface area contributed by atoms with Crippen molar-refractivity contribution in [2.24, 2.45) is 7.05 Å². The molecule has 0 aliphatic carbocycles. The average molecular weight is 252 g/mol. The molecule has 2 heterocycles. The first-order valence-corrected chi connectivity index (χ1v) is 5.85. The topological polar surface area (TPSA) is 96.2 Å². The van der Waals surface area contributed by atoms with Crippen LogP contribution in [-0.4, -0.2) is 39.4 Å². The Morgan fingerprint density at radius 3 is 3.17 bits per heavy atom. The molecule has 7 heteroatoms. The standard InChI is InChI=1S/C11H16N4O3/c1-15-9(7(5-14-15)11(17)18)6-13-8-3-2-4-12-10(8)16/h5,8,13H,2-4,6H2,1H3,(H,12,16)(H,17,18). The van der Waals surface area contributed by atoms with Crippen LogP contribution in [0.4, 0.5) is 0 Å². The number of piperidine rings is 1. The first-order chi connectivity index (χ1) is 8.59.